The highest BCUT2D eigenvalue weighted by atomic mass is 35.5. The van der Waals surface area contributed by atoms with Crippen LogP contribution in [0.1, 0.15) is 30.0 Å². The maximum Gasteiger partial charge on any atom is 0.167 e. The van der Waals surface area contributed by atoms with Crippen LogP contribution < -0.4 is 0 Å². The Morgan fingerprint density at radius 3 is 2.94 bits per heavy atom. The minimum Gasteiger partial charge on any atom is -0.356 e. The molecule has 2 aromatic heterocycles. The van der Waals surface area contributed by atoms with E-state index in [0.29, 0.717) is 11.1 Å². The second kappa shape index (κ2) is 3.59. The van der Waals surface area contributed by atoms with Crippen LogP contribution in [-0.4, -0.2) is 10.1 Å². The van der Waals surface area contributed by atoms with Crippen molar-refractivity contribution in [3.63, 3.8) is 0 Å². The third-order valence-corrected chi connectivity index (χ3v) is 3.07. The summed E-state index contributed by atoms with van der Waals surface area (Å²) in [5.74, 6) is 1.39. The predicted octanol–water partition coefficient (Wildman–Crippen LogP) is 3.58. The summed E-state index contributed by atoms with van der Waals surface area (Å²) in [5, 5.41) is 4.56. The summed E-state index contributed by atoms with van der Waals surface area (Å²) < 4.78 is 5.35. The molecule has 1 fully saturated rings. The predicted molar refractivity (Wildman–Crippen MR) is 61.5 cm³/mol. The van der Waals surface area contributed by atoms with Crippen LogP contribution in [0.25, 0.3) is 11.3 Å². The Labute approximate surface area is 98.4 Å². The molecule has 0 unspecified atom stereocenters. The van der Waals surface area contributed by atoms with Gasteiger partial charge in [0.2, 0.25) is 0 Å². The molecule has 4 heteroatoms. The second-order valence-electron chi connectivity index (χ2n) is 4.21. The lowest BCUT2D eigenvalue weighted by atomic mass is 10.1. The fourth-order valence-corrected chi connectivity index (χ4v) is 1.91. The summed E-state index contributed by atoms with van der Waals surface area (Å²) in [7, 11) is 0. The highest BCUT2D eigenvalue weighted by molar-refractivity contribution is 6.29. The molecule has 0 radical (unpaired) electrons. The van der Waals surface area contributed by atoms with E-state index in [9.17, 15) is 0 Å². The molecule has 3 nitrogen and oxygen atoms in total. The van der Waals surface area contributed by atoms with Gasteiger partial charge in [-0.3, -0.25) is 0 Å². The van der Waals surface area contributed by atoms with Gasteiger partial charge in [0.15, 0.2) is 5.76 Å². The third-order valence-electron chi connectivity index (χ3n) is 2.86. The quantitative estimate of drug-likeness (QED) is 0.746. The summed E-state index contributed by atoms with van der Waals surface area (Å²) >= 11 is 5.88. The Balaban J connectivity index is 2.03. The van der Waals surface area contributed by atoms with Crippen molar-refractivity contribution in [2.75, 3.05) is 0 Å². The lowest BCUT2D eigenvalue weighted by Gasteiger charge is -2.00. The first-order chi connectivity index (χ1) is 7.74. The molecule has 2 aromatic rings. The molecule has 0 amide bonds. The van der Waals surface area contributed by atoms with E-state index in [1.54, 1.807) is 6.20 Å². The third kappa shape index (κ3) is 1.71. The second-order valence-corrected chi connectivity index (χ2v) is 4.60. The van der Waals surface area contributed by atoms with Crippen LogP contribution in [0.15, 0.2) is 22.9 Å². The standard InChI is InChI=1S/C12H11ClN2O/c1-7-6-14-12(13)4-9(7)11-5-10(15-16-11)8-2-3-8/h4-6,8H,2-3H2,1H3. The number of aryl methyl sites for hydroxylation is 1. The van der Waals surface area contributed by atoms with Crippen molar-refractivity contribution in [2.24, 2.45) is 0 Å². The van der Waals surface area contributed by atoms with Crippen molar-refractivity contribution in [3.8, 4) is 11.3 Å². The van der Waals surface area contributed by atoms with Crippen molar-refractivity contribution >= 4 is 11.6 Å². The van der Waals surface area contributed by atoms with Crippen LogP contribution in [0.5, 0.6) is 0 Å². The number of hydrogen-bond donors (Lipinski definition) is 0. The van der Waals surface area contributed by atoms with Gasteiger partial charge in [0.1, 0.15) is 5.15 Å². The lowest BCUT2D eigenvalue weighted by Crippen LogP contribution is -1.84. The number of pyridine rings is 1. The first-order valence-corrected chi connectivity index (χ1v) is 5.71. The Kier molecular flexibility index (Phi) is 2.21. The molecular weight excluding hydrogens is 224 g/mol. The van der Waals surface area contributed by atoms with Gasteiger partial charge in [-0.05, 0) is 31.4 Å². The summed E-state index contributed by atoms with van der Waals surface area (Å²) in [5.41, 5.74) is 3.07. The Hall–Kier alpha value is -1.35. The zero-order valence-electron chi connectivity index (χ0n) is 8.90. The maximum absolute atomic E-state index is 5.88. The number of nitrogens with zero attached hydrogens (tertiary/aromatic N) is 2. The molecule has 0 saturated heterocycles. The molecule has 0 aliphatic heterocycles. The van der Waals surface area contributed by atoms with E-state index in [4.69, 9.17) is 16.1 Å². The Bertz CT molecular complexity index is 532. The van der Waals surface area contributed by atoms with E-state index in [1.807, 2.05) is 19.1 Å². The number of aromatic nitrogens is 2. The smallest absolute Gasteiger partial charge is 0.167 e. The van der Waals surface area contributed by atoms with Crippen LogP contribution in [0, 0.1) is 6.92 Å². The fourth-order valence-electron chi connectivity index (χ4n) is 1.75. The topological polar surface area (TPSA) is 38.9 Å². The molecule has 1 aliphatic rings. The average molecular weight is 235 g/mol. The van der Waals surface area contributed by atoms with E-state index in [-0.39, 0.29) is 0 Å². The molecule has 3 rings (SSSR count). The molecule has 2 heterocycles. The number of hydrogen-bond acceptors (Lipinski definition) is 3. The molecule has 0 atom stereocenters. The summed E-state index contributed by atoms with van der Waals surface area (Å²) in [6, 6.07) is 3.82. The molecular formula is C12H11ClN2O. The molecule has 0 N–H and O–H groups in total. The number of halogens is 1. The molecule has 1 saturated carbocycles. The van der Waals surface area contributed by atoms with E-state index in [2.05, 4.69) is 10.1 Å². The van der Waals surface area contributed by atoms with Crippen molar-refractivity contribution in [2.45, 2.75) is 25.7 Å². The minimum atomic E-state index is 0.477. The summed E-state index contributed by atoms with van der Waals surface area (Å²) in [6.45, 7) is 1.98. The van der Waals surface area contributed by atoms with Gasteiger partial charge in [-0.25, -0.2) is 4.98 Å². The van der Waals surface area contributed by atoms with Crippen molar-refractivity contribution < 1.29 is 4.52 Å². The van der Waals surface area contributed by atoms with E-state index in [0.717, 1.165) is 22.6 Å². The van der Waals surface area contributed by atoms with Crippen LogP contribution in [0.3, 0.4) is 0 Å². The van der Waals surface area contributed by atoms with Crippen LogP contribution >= 0.6 is 11.6 Å². The van der Waals surface area contributed by atoms with Gasteiger partial charge < -0.3 is 4.52 Å². The van der Waals surface area contributed by atoms with Crippen molar-refractivity contribution in [3.05, 3.63) is 34.7 Å². The average Bonchev–Trinajstić information content (AvgIpc) is 3.01. The van der Waals surface area contributed by atoms with Gasteiger partial charge >= 0.3 is 0 Å². The zero-order valence-corrected chi connectivity index (χ0v) is 9.66. The fraction of sp³-hybridized carbons (Fsp3) is 0.333. The first-order valence-electron chi connectivity index (χ1n) is 5.33. The normalized spacial score (nSPS) is 15.4. The largest absolute Gasteiger partial charge is 0.356 e. The van der Waals surface area contributed by atoms with Gasteiger partial charge in [-0.2, -0.15) is 0 Å². The van der Waals surface area contributed by atoms with Gasteiger partial charge in [0.05, 0.1) is 5.69 Å². The molecule has 0 spiro atoms. The van der Waals surface area contributed by atoms with Gasteiger partial charge in [0.25, 0.3) is 0 Å². The molecule has 16 heavy (non-hydrogen) atoms. The highest BCUT2D eigenvalue weighted by Crippen LogP contribution is 2.40. The van der Waals surface area contributed by atoms with E-state index in [1.165, 1.54) is 12.8 Å². The molecule has 1 aliphatic carbocycles. The lowest BCUT2D eigenvalue weighted by molar-refractivity contribution is 0.423. The molecule has 0 bridgehead atoms. The van der Waals surface area contributed by atoms with Gasteiger partial charge in [-0.1, -0.05) is 16.8 Å². The highest BCUT2D eigenvalue weighted by Gasteiger charge is 2.27. The van der Waals surface area contributed by atoms with Gasteiger partial charge in [0, 0.05) is 23.7 Å². The van der Waals surface area contributed by atoms with E-state index < -0.39 is 0 Å². The summed E-state index contributed by atoms with van der Waals surface area (Å²) in [6.07, 6.45) is 4.20. The SMILES string of the molecule is Cc1cnc(Cl)cc1-c1cc(C2CC2)no1. The van der Waals surface area contributed by atoms with E-state index >= 15 is 0 Å². The Morgan fingerprint density at radius 2 is 2.19 bits per heavy atom. The first kappa shape index (κ1) is 9.85. The molecule has 82 valence electrons. The van der Waals surface area contributed by atoms with Crippen LogP contribution in [0.4, 0.5) is 0 Å². The zero-order chi connectivity index (χ0) is 11.1. The minimum absolute atomic E-state index is 0.477. The summed E-state index contributed by atoms with van der Waals surface area (Å²) in [4.78, 5) is 4.02. The van der Waals surface area contributed by atoms with Crippen molar-refractivity contribution in [1.82, 2.24) is 10.1 Å². The van der Waals surface area contributed by atoms with Crippen LogP contribution in [0.2, 0.25) is 5.15 Å². The van der Waals surface area contributed by atoms with Crippen LogP contribution in [-0.2, 0) is 0 Å². The number of rotatable bonds is 2. The maximum atomic E-state index is 5.88. The monoisotopic (exact) mass is 234 g/mol. The van der Waals surface area contributed by atoms with Gasteiger partial charge in [-0.15, -0.1) is 0 Å². The van der Waals surface area contributed by atoms with Crippen molar-refractivity contribution in [1.29, 1.82) is 0 Å². The molecule has 0 aromatic carbocycles. The Morgan fingerprint density at radius 1 is 1.38 bits per heavy atom.